The molecule has 178 valence electrons. The lowest BCUT2D eigenvalue weighted by molar-refractivity contribution is -0.121. The molecule has 1 atom stereocenters. The molecule has 0 unspecified atom stereocenters. The number of methoxy groups -OCH3 is 1. The van der Waals surface area contributed by atoms with Gasteiger partial charge < -0.3 is 10.1 Å². The Morgan fingerprint density at radius 2 is 1.79 bits per heavy atom. The lowest BCUT2D eigenvalue weighted by atomic mass is 10.0. The summed E-state index contributed by atoms with van der Waals surface area (Å²) in [6.45, 7) is 3.13. The maximum Gasteiger partial charge on any atom is 0.243 e. The predicted molar refractivity (Wildman–Crippen MR) is 129 cm³/mol. The molecule has 4 rings (SSSR count). The molecular formula is C26H34N2O4S. The van der Waals surface area contributed by atoms with Crippen LogP contribution in [0, 0.1) is 0 Å². The van der Waals surface area contributed by atoms with Crippen LogP contribution in [0.3, 0.4) is 0 Å². The van der Waals surface area contributed by atoms with Crippen LogP contribution < -0.4 is 10.1 Å². The summed E-state index contributed by atoms with van der Waals surface area (Å²) in [5.74, 6) is 0.543. The molecule has 1 fully saturated rings. The normalized spacial score (nSPS) is 17.4. The summed E-state index contributed by atoms with van der Waals surface area (Å²) in [6.07, 6.45) is 6.99. The monoisotopic (exact) mass is 470 g/mol. The molecule has 33 heavy (non-hydrogen) atoms. The smallest absolute Gasteiger partial charge is 0.243 e. The molecule has 1 heterocycles. The first-order chi connectivity index (χ1) is 15.9. The third kappa shape index (κ3) is 5.41. The van der Waals surface area contributed by atoms with Gasteiger partial charge in [-0.2, -0.15) is 4.31 Å². The second-order valence-corrected chi connectivity index (χ2v) is 11.0. The Morgan fingerprint density at radius 3 is 2.55 bits per heavy atom. The van der Waals surface area contributed by atoms with Crippen LogP contribution in [0.15, 0.2) is 41.3 Å². The van der Waals surface area contributed by atoms with Crippen molar-refractivity contribution in [2.75, 3.05) is 20.2 Å². The van der Waals surface area contributed by atoms with Crippen LogP contribution in [-0.2, 0) is 34.1 Å². The minimum atomic E-state index is -3.53. The molecule has 0 bridgehead atoms. The number of nitrogens with one attached hydrogen (secondary N) is 1. The molecule has 6 nitrogen and oxygen atoms in total. The van der Waals surface area contributed by atoms with Gasteiger partial charge in [-0.05, 0) is 85.9 Å². The summed E-state index contributed by atoms with van der Waals surface area (Å²) in [5, 5.41) is 3.09. The van der Waals surface area contributed by atoms with Crippen LogP contribution in [0.4, 0.5) is 0 Å². The number of rotatable bonds is 8. The van der Waals surface area contributed by atoms with Gasteiger partial charge in [0.2, 0.25) is 15.9 Å². The highest BCUT2D eigenvalue weighted by atomic mass is 32.2. The molecule has 1 N–H and O–H groups in total. The Labute approximate surface area is 197 Å². The number of sulfonamides is 1. The summed E-state index contributed by atoms with van der Waals surface area (Å²) >= 11 is 0. The highest BCUT2D eigenvalue weighted by Crippen LogP contribution is 2.28. The van der Waals surface area contributed by atoms with E-state index in [1.807, 2.05) is 6.92 Å². The minimum absolute atomic E-state index is 0.0608. The van der Waals surface area contributed by atoms with Crippen LogP contribution in [0.2, 0.25) is 0 Å². The molecule has 1 saturated heterocycles. The number of fused-ring (bicyclic) bond motifs is 1. The van der Waals surface area contributed by atoms with Crippen molar-refractivity contribution in [3.05, 3.63) is 58.7 Å². The summed E-state index contributed by atoms with van der Waals surface area (Å²) < 4.78 is 33.1. The van der Waals surface area contributed by atoms with E-state index in [9.17, 15) is 13.2 Å². The number of aryl methyl sites for hydroxylation is 3. The van der Waals surface area contributed by atoms with E-state index in [1.54, 1.807) is 29.6 Å². The van der Waals surface area contributed by atoms with Crippen LogP contribution in [-0.4, -0.2) is 38.8 Å². The average molecular weight is 471 g/mol. The van der Waals surface area contributed by atoms with Crippen molar-refractivity contribution >= 4 is 15.9 Å². The quantitative estimate of drug-likeness (QED) is 0.628. The molecule has 1 aliphatic heterocycles. The molecule has 1 aliphatic carbocycles. The number of carbonyl (C=O) groups excluding carboxylic acids is 1. The number of nitrogens with zero attached hydrogens (tertiary/aromatic N) is 1. The molecule has 0 aromatic heterocycles. The third-order valence-electron chi connectivity index (χ3n) is 6.83. The van der Waals surface area contributed by atoms with E-state index in [0.29, 0.717) is 25.3 Å². The summed E-state index contributed by atoms with van der Waals surface area (Å²) in [6, 6.07) is 11.4. The van der Waals surface area contributed by atoms with E-state index < -0.39 is 10.0 Å². The van der Waals surface area contributed by atoms with E-state index >= 15 is 0 Å². The Morgan fingerprint density at radius 1 is 1.03 bits per heavy atom. The van der Waals surface area contributed by atoms with Gasteiger partial charge in [0.1, 0.15) is 5.75 Å². The predicted octanol–water partition coefficient (Wildman–Crippen LogP) is 4.17. The molecule has 2 aliphatic rings. The fourth-order valence-electron chi connectivity index (χ4n) is 4.87. The highest BCUT2D eigenvalue weighted by Gasteiger charge is 2.26. The molecule has 0 saturated carbocycles. The Balaban J connectivity index is 1.41. The van der Waals surface area contributed by atoms with Gasteiger partial charge in [0.25, 0.3) is 0 Å². The van der Waals surface area contributed by atoms with Crippen molar-refractivity contribution in [3.8, 4) is 5.75 Å². The first kappa shape index (κ1) is 23.8. The highest BCUT2D eigenvalue weighted by molar-refractivity contribution is 7.89. The van der Waals surface area contributed by atoms with Gasteiger partial charge in [0.15, 0.2) is 0 Å². The van der Waals surface area contributed by atoms with E-state index in [-0.39, 0.29) is 23.3 Å². The lowest BCUT2D eigenvalue weighted by Crippen LogP contribution is -2.35. The number of benzene rings is 2. The van der Waals surface area contributed by atoms with Crippen molar-refractivity contribution in [1.82, 2.24) is 9.62 Å². The zero-order valence-corrected chi connectivity index (χ0v) is 20.4. The van der Waals surface area contributed by atoms with Crippen molar-refractivity contribution in [2.45, 2.75) is 69.2 Å². The number of hydrogen-bond acceptors (Lipinski definition) is 4. The fourth-order valence-corrected chi connectivity index (χ4v) is 6.44. The van der Waals surface area contributed by atoms with E-state index in [0.717, 1.165) is 43.2 Å². The molecular weight excluding hydrogens is 436 g/mol. The second-order valence-electron chi connectivity index (χ2n) is 9.11. The number of piperidine rings is 1. The Hall–Kier alpha value is -2.38. The zero-order valence-electron chi connectivity index (χ0n) is 19.6. The second kappa shape index (κ2) is 10.3. The third-order valence-corrected chi connectivity index (χ3v) is 8.72. The molecule has 0 spiro atoms. The summed E-state index contributed by atoms with van der Waals surface area (Å²) in [5.41, 5.74) is 4.67. The van der Waals surface area contributed by atoms with Gasteiger partial charge in [0, 0.05) is 19.5 Å². The first-order valence-electron chi connectivity index (χ1n) is 12.0. The van der Waals surface area contributed by atoms with Gasteiger partial charge in [-0.3, -0.25) is 4.79 Å². The number of carbonyl (C=O) groups is 1. The lowest BCUT2D eigenvalue weighted by Gasteiger charge is -2.26. The van der Waals surface area contributed by atoms with Gasteiger partial charge in [-0.1, -0.05) is 24.6 Å². The zero-order chi connectivity index (χ0) is 23.4. The molecule has 0 radical (unpaired) electrons. The largest absolute Gasteiger partial charge is 0.496 e. The molecule has 2 aromatic rings. The molecule has 1 amide bonds. The van der Waals surface area contributed by atoms with E-state index in [2.05, 4.69) is 23.5 Å². The van der Waals surface area contributed by atoms with Crippen LogP contribution in [0.5, 0.6) is 5.75 Å². The Kier molecular flexibility index (Phi) is 7.39. The number of amides is 1. The van der Waals surface area contributed by atoms with Gasteiger partial charge in [-0.15, -0.1) is 0 Å². The number of ether oxygens (including phenoxy) is 1. The van der Waals surface area contributed by atoms with Crippen molar-refractivity contribution in [1.29, 1.82) is 0 Å². The van der Waals surface area contributed by atoms with Crippen LogP contribution in [0.1, 0.15) is 67.3 Å². The SMILES string of the molecule is COc1ccc(S(=O)(=O)N2CCCCC2)cc1CCC(=O)N[C@H](C)c1ccc2c(c1)CCC2. The van der Waals surface area contributed by atoms with Crippen LogP contribution >= 0.6 is 0 Å². The van der Waals surface area contributed by atoms with E-state index in [1.165, 1.54) is 17.5 Å². The van der Waals surface area contributed by atoms with Gasteiger partial charge >= 0.3 is 0 Å². The van der Waals surface area contributed by atoms with Gasteiger partial charge in [0.05, 0.1) is 18.0 Å². The minimum Gasteiger partial charge on any atom is -0.496 e. The summed E-state index contributed by atoms with van der Waals surface area (Å²) in [7, 11) is -1.97. The van der Waals surface area contributed by atoms with Crippen molar-refractivity contribution in [2.24, 2.45) is 0 Å². The van der Waals surface area contributed by atoms with Crippen molar-refractivity contribution in [3.63, 3.8) is 0 Å². The number of hydrogen-bond donors (Lipinski definition) is 1. The Bertz CT molecular complexity index is 1110. The molecule has 7 heteroatoms. The topological polar surface area (TPSA) is 75.7 Å². The fraction of sp³-hybridized carbons (Fsp3) is 0.500. The first-order valence-corrected chi connectivity index (χ1v) is 13.4. The summed E-state index contributed by atoms with van der Waals surface area (Å²) in [4.78, 5) is 13.0. The standard InChI is InChI=1S/C26H34N2O4S/c1-19(21-10-9-20-7-6-8-22(20)17-21)27-26(29)14-11-23-18-24(12-13-25(23)32-2)33(30,31)28-15-4-3-5-16-28/h9-10,12-13,17-19H,3-8,11,14-16H2,1-2H3,(H,27,29)/t19-/m1/s1. The van der Waals surface area contributed by atoms with Crippen molar-refractivity contribution < 1.29 is 17.9 Å². The van der Waals surface area contributed by atoms with Crippen LogP contribution in [0.25, 0.3) is 0 Å². The maximum atomic E-state index is 13.1. The average Bonchev–Trinajstić information content (AvgIpc) is 3.31. The molecule has 2 aromatic carbocycles. The maximum absolute atomic E-state index is 13.1. The van der Waals surface area contributed by atoms with Gasteiger partial charge in [-0.25, -0.2) is 8.42 Å². The van der Waals surface area contributed by atoms with E-state index in [4.69, 9.17) is 4.74 Å².